The second kappa shape index (κ2) is 17.7. The highest BCUT2D eigenvalue weighted by molar-refractivity contribution is 5.68. The van der Waals surface area contributed by atoms with E-state index in [1.54, 1.807) is 14.2 Å². The maximum Gasteiger partial charge on any atom is 0.207 e. The Hall–Kier alpha value is -3.31. The zero-order valence-electron chi connectivity index (χ0n) is 30.0. The van der Waals surface area contributed by atoms with Gasteiger partial charge in [-0.1, -0.05) is 78.4 Å². The summed E-state index contributed by atoms with van der Waals surface area (Å²) in [5, 5.41) is 10.7. The molecule has 4 unspecified atom stereocenters. The van der Waals surface area contributed by atoms with Crippen molar-refractivity contribution < 1.29 is 28.4 Å². The third-order valence-corrected chi connectivity index (χ3v) is 10.3. The number of nitriles is 1. The van der Waals surface area contributed by atoms with Gasteiger partial charge in [-0.05, 0) is 57.2 Å². The third kappa shape index (κ3) is 8.23. The first kappa shape index (κ1) is 36.5. The fraction of sp³-hybridized carbons (Fsp3) is 0.667. The minimum absolute atomic E-state index is 0.156. The first-order valence-corrected chi connectivity index (χ1v) is 17.9. The summed E-state index contributed by atoms with van der Waals surface area (Å²) in [4.78, 5) is 2.42. The Kier molecular flexibility index (Phi) is 13.8. The van der Waals surface area contributed by atoms with Gasteiger partial charge in [-0.3, -0.25) is 4.90 Å². The van der Waals surface area contributed by atoms with E-state index in [4.69, 9.17) is 28.4 Å². The van der Waals surface area contributed by atoms with Crippen LogP contribution in [0.1, 0.15) is 103 Å². The van der Waals surface area contributed by atoms with Gasteiger partial charge in [0.05, 0.1) is 33.5 Å². The van der Waals surface area contributed by atoms with Crippen LogP contribution in [0.4, 0.5) is 0 Å². The molecule has 0 saturated heterocycles. The quantitative estimate of drug-likeness (QED) is 0.140. The highest BCUT2D eigenvalue weighted by atomic mass is 16.6. The van der Waals surface area contributed by atoms with Crippen molar-refractivity contribution in [3.8, 4) is 40.6 Å². The molecule has 0 fully saturated rings. The maximum atomic E-state index is 10.7. The number of hydrogen-bond acceptors (Lipinski definition) is 8. The molecular formula is C39H58N2O6. The number of benzene rings is 2. The predicted molar refractivity (Wildman–Crippen MR) is 186 cm³/mol. The molecule has 2 aromatic rings. The lowest BCUT2D eigenvalue weighted by molar-refractivity contribution is -0.0166. The second-order valence-electron chi connectivity index (χ2n) is 13.3. The van der Waals surface area contributed by atoms with E-state index in [1.807, 2.05) is 24.3 Å². The van der Waals surface area contributed by atoms with E-state index < -0.39 is 5.41 Å². The van der Waals surface area contributed by atoms with Crippen molar-refractivity contribution in [3.05, 3.63) is 35.4 Å². The largest absolute Gasteiger partial charge is 0.490 e. The molecule has 0 N–H and O–H groups in total. The fourth-order valence-corrected chi connectivity index (χ4v) is 7.19. The summed E-state index contributed by atoms with van der Waals surface area (Å²) in [6, 6.07) is 10.8. The molecule has 0 radical (unpaired) electrons. The standard InChI is InChI=1S/C39H58N2O6/c1-8-11-15-22-44-35-30-24-29(41(5)25-31(30)36(45-23-16-12-9-2)38(43-7)37(35)42-6)18-17-21-39(27-40,28(4)10-3)34-26-46-32-19-13-14-20-33(32)47-34/h13-14,19-20,28-29,34H,8-12,15-18,21-26H2,1-7H3. The van der Waals surface area contributed by atoms with Gasteiger partial charge >= 0.3 is 0 Å². The topological polar surface area (TPSA) is 82.4 Å². The Labute approximate surface area is 283 Å². The predicted octanol–water partition coefficient (Wildman–Crippen LogP) is 8.76. The lowest BCUT2D eigenvalue weighted by Gasteiger charge is -2.42. The van der Waals surface area contributed by atoms with Crippen molar-refractivity contribution in [2.45, 2.75) is 117 Å². The van der Waals surface area contributed by atoms with E-state index in [1.165, 1.54) is 0 Å². The second-order valence-corrected chi connectivity index (χ2v) is 13.3. The van der Waals surface area contributed by atoms with Crippen LogP contribution >= 0.6 is 0 Å². The zero-order valence-corrected chi connectivity index (χ0v) is 30.0. The fourth-order valence-electron chi connectivity index (χ4n) is 7.19. The molecule has 0 aliphatic carbocycles. The average Bonchev–Trinajstić information content (AvgIpc) is 3.10. The Morgan fingerprint density at radius 1 is 0.894 bits per heavy atom. The Bertz CT molecular complexity index is 1330. The van der Waals surface area contributed by atoms with Crippen LogP contribution in [0.25, 0.3) is 0 Å². The SMILES string of the molecule is CCCCCOc1c2c(c(OCCCCC)c(OC)c1OC)CN(C)C(CCCC(C#N)(C(C)CC)C1COc3ccccc3O1)C2. The molecule has 0 bridgehead atoms. The van der Waals surface area contributed by atoms with Crippen LogP contribution in [0, 0.1) is 22.7 Å². The van der Waals surface area contributed by atoms with Gasteiger partial charge in [-0.25, -0.2) is 0 Å². The first-order chi connectivity index (χ1) is 22.9. The number of methoxy groups -OCH3 is 2. The van der Waals surface area contributed by atoms with Crippen molar-refractivity contribution >= 4 is 0 Å². The molecule has 2 aliphatic heterocycles. The molecule has 4 atom stereocenters. The summed E-state index contributed by atoms with van der Waals surface area (Å²) in [6.07, 6.45) is 10.4. The number of unbranched alkanes of at least 4 members (excludes halogenated alkanes) is 4. The van der Waals surface area contributed by atoms with Crippen LogP contribution < -0.4 is 28.4 Å². The molecule has 8 nitrogen and oxygen atoms in total. The van der Waals surface area contributed by atoms with Crippen molar-refractivity contribution in [2.24, 2.45) is 11.3 Å². The number of para-hydroxylation sites is 2. The number of rotatable bonds is 19. The van der Waals surface area contributed by atoms with Gasteiger partial charge in [0.1, 0.15) is 12.0 Å². The van der Waals surface area contributed by atoms with Crippen LogP contribution in [0.3, 0.4) is 0 Å². The molecular weight excluding hydrogens is 592 g/mol. The van der Waals surface area contributed by atoms with Crippen LogP contribution in [-0.2, 0) is 13.0 Å². The number of fused-ring (bicyclic) bond motifs is 2. The molecule has 260 valence electrons. The molecule has 8 heteroatoms. The third-order valence-electron chi connectivity index (χ3n) is 10.3. The van der Waals surface area contributed by atoms with E-state index in [2.05, 4.69) is 45.7 Å². The van der Waals surface area contributed by atoms with Crippen molar-refractivity contribution in [1.82, 2.24) is 4.90 Å². The summed E-state index contributed by atoms with van der Waals surface area (Å²) in [7, 11) is 5.55. The van der Waals surface area contributed by atoms with Crippen molar-refractivity contribution in [3.63, 3.8) is 0 Å². The van der Waals surface area contributed by atoms with Gasteiger partial charge in [0.2, 0.25) is 11.5 Å². The lowest BCUT2D eigenvalue weighted by atomic mass is 9.68. The molecule has 4 rings (SSSR count). The summed E-state index contributed by atoms with van der Waals surface area (Å²) in [5.74, 6) is 4.41. The minimum Gasteiger partial charge on any atom is -0.490 e. The number of nitrogens with zero attached hydrogens (tertiary/aromatic N) is 2. The molecule has 0 saturated carbocycles. The summed E-state index contributed by atoms with van der Waals surface area (Å²) in [6.45, 7) is 11.1. The van der Waals surface area contributed by atoms with E-state index >= 15 is 0 Å². The average molecular weight is 651 g/mol. The van der Waals surface area contributed by atoms with Crippen LogP contribution in [0.5, 0.6) is 34.5 Å². The van der Waals surface area contributed by atoms with Crippen molar-refractivity contribution in [1.29, 1.82) is 5.26 Å². The number of ether oxygens (including phenoxy) is 6. The van der Waals surface area contributed by atoms with E-state index in [0.717, 1.165) is 111 Å². The highest BCUT2D eigenvalue weighted by Crippen LogP contribution is 2.52. The highest BCUT2D eigenvalue weighted by Gasteiger charge is 2.47. The van der Waals surface area contributed by atoms with Gasteiger partial charge in [-0.2, -0.15) is 5.26 Å². The number of hydrogen-bond donors (Lipinski definition) is 0. The van der Waals surface area contributed by atoms with Gasteiger partial charge in [0.25, 0.3) is 0 Å². The summed E-state index contributed by atoms with van der Waals surface area (Å²) < 4.78 is 37.5. The van der Waals surface area contributed by atoms with Crippen LogP contribution in [0.15, 0.2) is 24.3 Å². The maximum absolute atomic E-state index is 10.7. The van der Waals surface area contributed by atoms with Crippen LogP contribution in [-0.4, -0.2) is 58.1 Å². The Morgan fingerprint density at radius 2 is 1.51 bits per heavy atom. The van der Waals surface area contributed by atoms with E-state index in [0.29, 0.717) is 31.3 Å². The Morgan fingerprint density at radius 3 is 2.09 bits per heavy atom. The Balaban J connectivity index is 1.59. The normalized spacial score (nSPS) is 19.2. The summed E-state index contributed by atoms with van der Waals surface area (Å²) >= 11 is 0. The smallest absolute Gasteiger partial charge is 0.207 e. The molecule has 0 spiro atoms. The molecule has 2 heterocycles. The molecule has 2 aliphatic rings. The van der Waals surface area contributed by atoms with Crippen LogP contribution in [0.2, 0.25) is 0 Å². The molecule has 0 amide bonds. The van der Waals surface area contributed by atoms with Gasteiger partial charge in [0.15, 0.2) is 29.1 Å². The van der Waals surface area contributed by atoms with Gasteiger partial charge < -0.3 is 28.4 Å². The van der Waals surface area contributed by atoms with Crippen molar-refractivity contribution in [2.75, 3.05) is 41.1 Å². The molecule has 47 heavy (non-hydrogen) atoms. The van der Waals surface area contributed by atoms with Gasteiger partial charge in [0, 0.05) is 23.7 Å². The monoisotopic (exact) mass is 650 g/mol. The van der Waals surface area contributed by atoms with E-state index in [-0.39, 0.29) is 18.1 Å². The lowest BCUT2D eigenvalue weighted by Crippen LogP contribution is -2.48. The summed E-state index contributed by atoms with van der Waals surface area (Å²) in [5.41, 5.74) is 1.62. The minimum atomic E-state index is -0.656. The molecule has 0 aromatic heterocycles. The number of likely N-dealkylation sites (N-methyl/N-ethyl adjacent to an activating group) is 1. The van der Waals surface area contributed by atoms with E-state index in [9.17, 15) is 5.26 Å². The first-order valence-electron chi connectivity index (χ1n) is 17.9. The molecule has 2 aromatic carbocycles. The zero-order chi connectivity index (χ0) is 33.8. The van der Waals surface area contributed by atoms with Gasteiger partial charge in [-0.15, -0.1) is 0 Å².